The van der Waals surface area contributed by atoms with E-state index in [2.05, 4.69) is 5.32 Å². The third-order valence-electron chi connectivity index (χ3n) is 5.97. The summed E-state index contributed by atoms with van der Waals surface area (Å²) in [5.74, 6) is 0.0105. The molecule has 7 nitrogen and oxygen atoms in total. The van der Waals surface area contributed by atoms with Crippen molar-refractivity contribution in [1.82, 2.24) is 8.87 Å². The van der Waals surface area contributed by atoms with E-state index in [9.17, 15) is 18.0 Å². The fraction of sp³-hybridized carbons (Fsp3) is 0.400. The fourth-order valence-corrected chi connectivity index (χ4v) is 7.06. The van der Waals surface area contributed by atoms with Crippen molar-refractivity contribution < 1.29 is 13.2 Å². The molecule has 1 aromatic carbocycles. The summed E-state index contributed by atoms with van der Waals surface area (Å²) in [7, 11) is -3.70. The Bertz CT molecular complexity index is 1170. The number of piperidine rings is 1. The summed E-state index contributed by atoms with van der Waals surface area (Å²) in [6.07, 6.45) is 0.893. The van der Waals surface area contributed by atoms with Crippen LogP contribution in [0.1, 0.15) is 25.0 Å². The lowest BCUT2D eigenvalue weighted by atomic mass is 9.84. The number of carbonyl (C=O) groups is 1. The Balaban J connectivity index is 1.47. The van der Waals surface area contributed by atoms with Crippen LogP contribution < -0.4 is 10.9 Å². The first-order valence-corrected chi connectivity index (χ1v) is 12.0. The third-order valence-corrected chi connectivity index (χ3v) is 8.97. The summed E-state index contributed by atoms with van der Waals surface area (Å²) in [4.78, 5) is 25.2. The minimum absolute atomic E-state index is 0.0138. The number of pyridine rings is 1. The molecule has 2 aromatic rings. The van der Waals surface area contributed by atoms with E-state index in [1.165, 1.54) is 16.1 Å². The van der Waals surface area contributed by atoms with E-state index in [-0.39, 0.29) is 33.4 Å². The molecular formula is C20H21N3O4S2. The highest BCUT2D eigenvalue weighted by atomic mass is 32.2. The van der Waals surface area contributed by atoms with Crippen molar-refractivity contribution in [3.8, 4) is 0 Å². The molecule has 4 heterocycles. The van der Waals surface area contributed by atoms with Crippen LogP contribution in [0.3, 0.4) is 0 Å². The number of rotatable bonds is 2. The van der Waals surface area contributed by atoms with Gasteiger partial charge in [-0.25, -0.2) is 8.42 Å². The van der Waals surface area contributed by atoms with Crippen molar-refractivity contribution >= 4 is 33.4 Å². The summed E-state index contributed by atoms with van der Waals surface area (Å²) < 4.78 is 30.1. The number of carbonyl (C=O) groups excluding carboxylic acids is 1. The molecule has 1 N–H and O–H groups in total. The topological polar surface area (TPSA) is 88.5 Å². The fourth-order valence-electron chi connectivity index (χ4n) is 4.55. The maximum Gasteiger partial charge on any atom is 0.250 e. The molecule has 0 unspecified atom stereocenters. The summed E-state index contributed by atoms with van der Waals surface area (Å²) >= 11 is 1.43. The van der Waals surface area contributed by atoms with Gasteiger partial charge in [-0.15, -0.1) is 11.8 Å². The molecule has 0 saturated carbocycles. The van der Waals surface area contributed by atoms with E-state index in [0.717, 1.165) is 17.0 Å². The maximum atomic E-state index is 13.4. The Morgan fingerprint density at radius 2 is 1.93 bits per heavy atom. The smallest absolute Gasteiger partial charge is 0.250 e. The number of fused-ring (bicyclic) bond motifs is 5. The second-order valence-electron chi connectivity index (χ2n) is 7.93. The number of hydrogen-bond acceptors (Lipinski definition) is 5. The number of nitrogens with zero attached hydrogens (tertiary/aromatic N) is 2. The largest absolute Gasteiger partial charge is 0.324 e. The monoisotopic (exact) mass is 431 g/mol. The molecule has 1 fully saturated rings. The third kappa shape index (κ3) is 3.12. The molecule has 5 rings (SSSR count). The summed E-state index contributed by atoms with van der Waals surface area (Å²) in [5, 5.41) is 2.60. The Morgan fingerprint density at radius 1 is 1.10 bits per heavy atom. The SMILES string of the molecule is C[C@@H]1Sc2ccc(S(=O)(=O)N3C[C@H]4C[C@@H](C3)c3cccc(=O)n3C4)cc2NC1=O. The number of hydrogen-bond donors (Lipinski definition) is 1. The van der Waals surface area contributed by atoms with E-state index in [0.29, 0.717) is 25.3 Å². The van der Waals surface area contributed by atoms with Crippen LogP contribution >= 0.6 is 11.8 Å². The summed E-state index contributed by atoms with van der Waals surface area (Å²) in [6, 6.07) is 10.2. The molecule has 3 atom stereocenters. The van der Waals surface area contributed by atoms with Crippen LogP contribution in [0.25, 0.3) is 0 Å². The molecule has 1 aromatic heterocycles. The van der Waals surface area contributed by atoms with Crippen molar-refractivity contribution in [2.45, 2.75) is 40.8 Å². The number of aromatic nitrogens is 1. The number of amides is 1. The van der Waals surface area contributed by atoms with E-state index >= 15 is 0 Å². The van der Waals surface area contributed by atoms with E-state index in [4.69, 9.17) is 0 Å². The molecule has 0 radical (unpaired) electrons. The van der Waals surface area contributed by atoms with Crippen molar-refractivity contribution in [3.05, 3.63) is 52.4 Å². The number of benzene rings is 1. The first-order valence-electron chi connectivity index (χ1n) is 9.64. The maximum absolute atomic E-state index is 13.4. The average Bonchev–Trinajstić information content (AvgIpc) is 2.69. The molecule has 2 bridgehead atoms. The van der Waals surface area contributed by atoms with Crippen molar-refractivity contribution in [2.75, 3.05) is 18.4 Å². The van der Waals surface area contributed by atoms with Gasteiger partial charge in [0.05, 0.1) is 15.8 Å². The molecule has 1 saturated heterocycles. The summed E-state index contributed by atoms with van der Waals surface area (Å²) in [6.45, 7) is 3.13. The lowest BCUT2D eigenvalue weighted by Gasteiger charge is -2.42. The Kier molecular flexibility index (Phi) is 4.38. The zero-order valence-electron chi connectivity index (χ0n) is 15.9. The minimum atomic E-state index is -3.70. The molecule has 9 heteroatoms. The number of anilines is 1. The van der Waals surface area contributed by atoms with Crippen molar-refractivity contribution in [2.24, 2.45) is 5.92 Å². The zero-order chi connectivity index (χ0) is 20.3. The lowest BCUT2D eigenvalue weighted by molar-refractivity contribution is -0.115. The van der Waals surface area contributed by atoms with Gasteiger partial charge in [-0.1, -0.05) is 6.07 Å². The van der Waals surface area contributed by atoms with Crippen LogP contribution in [0.5, 0.6) is 0 Å². The summed E-state index contributed by atoms with van der Waals surface area (Å²) in [5.41, 5.74) is 1.44. The molecule has 3 aliphatic heterocycles. The molecule has 152 valence electrons. The molecule has 3 aliphatic rings. The van der Waals surface area contributed by atoms with E-state index < -0.39 is 10.0 Å². The highest BCUT2D eigenvalue weighted by Gasteiger charge is 2.39. The number of sulfonamides is 1. The quantitative estimate of drug-likeness (QED) is 0.787. The lowest BCUT2D eigenvalue weighted by Crippen LogP contribution is -2.49. The minimum Gasteiger partial charge on any atom is -0.324 e. The standard InChI is InChI=1S/C20H21N3O4S2/c1-12-20(25)21-16-8-15(5-6-18(16)28-12)29(26,27)22-9-13-7-14(11-22)17-3-2-4-19(24)23(17)10-13/h2-6,8,12-14H,7,9-11H2,1H3,(H,21,25)/t12-,13+,14-/m0/s1. The molecular weight excluding hydrogens is 410 g/mol. The molecule has 29 heavy (non-hydrogen) atoms. The van der Waals surface area contributed by atoms with Gasteiger partial charge in [-0.3, -0.25) is 9.59 Å². The van der Waals surface area contributed by atoms with Gasteiger partial charge >= 0.3 is 0 Å². The highest BCUT2D eigenvalue weighted by molar-refractivity contribution is 8.01. The molecule has 0 spiro atoms. The normalized spacial score (nSPS) is 26.4. The first-order chi connectivity index (χ1) is 13.8. The average molecular weight is 432 g/mol. The molecule has 1 amide bonds. The van der Waals surface area contributed by atoms with E-state index in [1.54, 1.807) is 34.9 Å². The zero-order valence-corrected chi connectivity index (χ0v) is 17.5. The van der Waals surface area contributed by atoms with Gasteiger partial charge in [-0.2, -0.15) is 4.31 Å². The van der Waals surface area contributed by atoms with Crippen LogP contribution in [0, 0.1) is 5.92 Å². The Hall–Kier alpha value is -2.10. The van der Waals surface area contributed by atoms with Crippen molar-refractivity contribution in [3.63, 3.8) is 0 Å². The van der Waals surface area contributed by atoms with Gasteiger partial charge in [0.1, 0.15) is 0 Å². The van der Waals surface area contributed by atoms with Crippen LogP contribution in [-0.2, 0) is 21.4 Å². The second kappa shape index (κ2) is 6.72. The van der Waals surface area contributed by atoms with E-state index in [1.807, 2.05) is 13.0 Å². The van der Waals surface area contributed by atoms with Crippen LogP contribution in [0.4, 0.5) is 5.69 Å². The van der Waals surface area contributed by atoms with Gasteiger partial charge < -0.3 is 9.88 Å². The second-order valence-corrected chi connectivity index (χ2v) is 11.2. The number of thioether (sulfide) groups is 1. The first kappa shape index (κ1) is 18.9. The van der Waals surface area contributed by atoms with Crippen LogP contribution in [0.15, 0.2) is 51.0 Å². The number of nitrogens with one attached hydrogen (secondary N) is 1. The van der Waals surface area contributed by atoms with Gasteiger partial charge in [-0.05, 0) is 43.5 Å². The van der Waals surface area contributed by atoms with Gasteiger partial charge in [0, 0.05) is 42.2 Å². The van der Waals surface area contributed by atoms with Crippen LogP contribution in [0.2, 0.25) is 0 Å². The van der Waals surface area contributed by atoms with Gasteiger partial charge in [0.2, 0.25) is 15.9 Å². The predicted octanol–water partition coefficient (Wildman–Crippen LogP) is 2.09. The van der Waals surface area contributed by atoms with Crippen LogP contribution in [-0.4, -0.2) is 41.5 Å². The Labute approximate surface area is 173 Å². The Morgan fingerprint density at radius 3 is 2.76 bits per heavy atom. The van der Waals surface area contributed by atoms with Crippen molar-refractivity contribution in [1.29, 1.82) is 0 Å². The molecule has 0 aliphatic carbocycles. The van der Waals surface area contributed by atoms with Gasteiger partial charge in [0.25, 0.3) is 5.56 Å². The highest BCUT2D eigenvalue weighted by Crippen LogP contribution is 2.40. The predicted molar refractivity (Wildman–Crippen MR) is 111 cm³/mol. The van der Waals surface area contributed by atoms with Gasteiger partial charge in [0.15, 0.2) is 0 Å².